The van der Waals surface area contributed by atoms with Gasteiger partial charge in [0.25, 0.3) is 0 Å². The van der Waals surface area contributed by atoms with Crippen molar-refractivity contribution in [3.8, 4) is 11.1 Å². The topological polar surface area (TPSA) is 149 Å². The summed E-state index contributed by atoms with van der Waals surface area (Å²) < 4.78 is 0. The van der Waals surface area contributed by atoms with Crippen LogP contribution in [0.1, 0.15) is 35.4 Å². The Balaban J connectivity index is 1.44. The average molecular weight is 592 g/mol. The Morgan fingerprint density at radius 1 is 0.750 bits per heavy atom. The molecular weight excluding hydrogens is 554 g/mol. The van der Waals surface area contributed by atoms with Crippen LogP contribution in [0.2, 0.25) is 0 Å². The first-order valence-corrected chi connectivity index (χ1v) is 14.4. The zero-order chi connectivity index (χ0) is 31.3. The lowest BCUT2D eigenvalue weighted by Crippen LogP contribution is -2.49. The molecule has 226 valence electrons. The number of benzene rings is 4. The van der Waals surface area contributed by atoms with Gasteiger partial charge in [-0.3, -0.25) is 19.8 Å². The van der Waals surface area contributed by atoms with Crippen molar-refractivity contribution in [2.75, 3.05) is 13.1 Å². The number of carbonyl (C=O) groups excluding carboxylic acids is 2. The molecule has 4 aromatic rings. The van der Waals surface area contributed by atoms with E-state index < -0.39 is 30.4 Å². The summed E-state index contributed by atoms with van der Waals surface area (Å²) in [4.78, 5) is 39.6. The lowest BCUT2D eigenvalue weighted by Gasteiger charge is -2.26. The molecule has 0 saturated heterocycles. The van der Waals surface area contributed by atoms with Crippen molar-refractivity contribution in [2.24, 2.45) is 5.73 Å². The molecule has 6 N–H and O–H groups in total. The van der Waals surface area contributed by atoms with E-state index in [9.17, 15) is 14.4 Å². The fourth-order valence-corrected chi connectivity index (χ4v) is 5.02. The SMILES string of the molecule is N=C(N)N(CCC[C@@H](NC(=O)C(c1ccccc1)c1ccccc1)C(=O)NCC(=O)O)Cc1ccc(-c2ccccc2)cc1. The molecule has 2 amide bonds. The van der Waals surface area contributed by atoms with E-state index in [4.69, 9.17) is 16.2 Å². The monoisotopic (exact) mass is 591 g/mol. The van der Waals surface area contributed by atoms with Crippen LogP contribution in [0.4, 0.5) is 0 Å². The van der Waals surface area contributed by atoms with Gasteiger partial charge in [-0.05, 0) is 40.7 Å². The Bertz CT molecular complexity index is 1490. The van der Waals surface area contributed by atoms with Crippen LogP contribution < -0.4 is 16.4 Å². The van der Waals surface area contributed by atoms with Crippen LogP contribution in [0.5, 0.6) is 0 Å². The van der Waals surface area contributed by atoms with Crippen LogP contribution >= 0.6 is 0 Å². The maximum Gasteiger partial charge on any atom is 0.322 e. The number of carboxylic acid groups (broad SMARTS) is 1. The summed E-state index contributed by atoms with van der Waals surface area (Å²) in [5, 5.41) is 22.5. The van der Waals surface area contributed by atoms with Crippen molar-refractivity contribution in [3.05, 3.63) is 132 Å². The van der Waals surface area contributed by atoms with Crippen molar-refractivity contribution in [3.63, 3.8) is 0 Å². The summed E-state index contributed by atoms with van der Waals surface area (Å²) in [6.45, 7) is 0.191. The van der Waals surface area contributed by atoms with Gasteiger partial charge in [-0.15, -0.1) is 0 Å². The van der Waals surface area contributed by atoms with Gasteiger partial charge in [0.15, 0.2) is 5.96 Å². The van der Waals surface area contributed by atoms with Crippen LogP contribution in [-0.4, -0.2) is 52.9 Å². The van der Waals surface area contributed by atoms with Gasteiger partial charge in [0.1, 0.15) is 12.6 Å². The molecule has 0 aliphatic heterocycles. The number of rotatable bonds is 14. The van der Waals surface area contributed by atoms with E-state index in [-0.39, 0.29) is 18.3 Å². The first kappa shape index (κ1) is 31.5. The van der Waals surface area contributed by atoms with Gasteiger partial charge < -0.3 is 26.4 Å². The fraction of sp³-hybridized carbons (Fsp3) is 0.200. The van der Waals surface area contributed by atoms with E-state index in [1.807, 2.05) is 115 Å². The second kappa shape index (κ2) is 15.7. The molecule has 0 aromatic heterocycles. The molecule has 4 aromatic carbocycles. The molecule has 0 fully saturated rings. The van der Waals surface area contributed by atoms with Crippen molar-refractivity contribution in [1.29, 1.82) is 5.41 Å². The lowest BCUT2D eigenvalue weighted by molar-refractivity contribution is -0.138. The highest BCUT2D eigenvalue weighted by Gasteiger charge is 2.28. The van der Waals surface area contributed by atoms with E-state index >= 15 is 0 Å². The van der Waals surface area contributed by atoms with Crippen LogP contribution in [0.15, 0.2) is 115 Å². The molecular formula is C35H37N5O4. The first-order chi connectivity index (χ1) is 21.3. The van der Waals surface area contributed by atoms with Gasteiger partial charge in [0.05, 0.1) is 5.92 Å². The normalized spacial score (nSPS) is 11.4. The first-order valence-electron chi connectivity index (χ1n) is 14.4. The molecule has 0 spiro atoms. The summed E-state index contributed by atoms with van der Waals surface area (Å²) in [7, 11) is 0. The van der Waals surface area contributed by atoms with Crippen LogP contribution in [0.3, 0.4) is 0 Å². The number of carboxylic acids is 1. The molecule has 0 aliphatic rings. The highest BCUT2D eigenvalue weighted by molar-refractivity contribution is 5.93. The number of nitrogens with one attached hydrogen (secondary N) is 3. The minimum atomic E-state index is -1.18. The molecule has 0 saturated carbocycles. The third-order valence-electron chi connectivity index (χ3n) is 7.27. The zero-order valence-corrected chi connectivity index (χ0v) is 24.4. The van der Waals surface area contributed by atoms with Crippen molar-refractivity contribution >= 4 is 23.7 Å². The highest BCUT2D eigenvalue weighted by atomic mass is 16.4. The molecule has 0 aliphatic carbocycles. The van der Waals surface area contributed by atoms with Gasteiger partial charge >= 0.3 is 5.97 Å². The van der Waals surface area contributed by atoms with Gasteiger partial charge in [0, 0.05) is 13.1 Å². The molecule has 9 heteroatoms. The van der Waals surface area contributed by atoms with E-state index in [0.29, 0.717) is 19.5 Å². The molecule has 9 nitrogen and oxygen atoms in total. The second-order valence-electron chi connectivity index (χ2n) is 10.4. The lowest BCUT2D eigenvalue weighted by atomic mass is 9.90. The second-order valence-corrected chi connectivity index (χ2v) is 10.4. The highest BCUT2D eigenvalue weighted by Crippen LogP contribution is 2.25. The molecule has 44 heavy (non-hydrogen) atoms. The number of nitrogens with two attached hydrogens (primary N) is 1. The Morgan fingerprint density at radius 3 is 1.80 bits per heavy atom. The summed E-state index contributed by atoms with van der Waals surface area (Å²) in [5.41, 5.74) is 10.6. The van der Waals surface area contributed by atoms with Gasteiger partial charge in [-0.1, -0.05) is 115 Å². The summed E-state index contributed by atoms with van der Waals surface area (Å²) in [6, 6.07) is 35.6. The summed E-state index contributed by atoms with van der Waals surface area (Å²) >= 11 is 0. The minimum absolute atomic E-state index is 0.110. The molecule has 0 bridgehead atoms. The number of amides is 2. The fourth-order valence-electron chi connectivity index (χ4n) is 5.02. The third kappa shape index (κ3) is 9.03. The standard InChI is InChI=1S/C35H37N5O4/c36-35(37)40(24-25-18-20-27(21-19-25)26-11-4-1-5-12-26)22-10-17-30(33(43)38-23-31(41)42)39-34(44)32(28-13-6-2-7-14-28)29-15-8-3-9-16-29/h1-9,11-16,18-21,30,32H,10,17,22-24H2,(H3,36,37)(H,38,43)(H,39,44)(H,41,42)/t30-/m1/s1. The Labute approximate surface area is 257 Å². The smallest absolute Gasteiger partial charge is 0.322 e. The van der Waals surface area contributed by atoms with Crippen LogP contribution in [-0.2, 0) is 20.9 Å². The Kier molecular flexibility index (Phi) is 11.2. The number of hydrogen-bond acceptors (Lipinski definition) is 4. The van der Waals surface area contributed by atoms with Gasteiger partial charge in [-0.25, -0.2) is 0 Å². The maximum atomic E-state index is 13.7. The predicted molar refractivity (Wildman–Crippen MR) is 171 cm³/mol. The number of aliphatic carboxylic acids is 1. The van der Waals surface area contributed by atoms with E-state index in [0.717, 1.165) is 27.8 Å². The minimum Gasteiger partial charge on any atom is -0.480 e. The number of nitrogens with zero attached hydrogens (tertiary/aromatic N) is 1. The molecule has 0 unspecified atom stereocenters. The summed E-state index contributed by atoms with van der Waals surface area (Å²) in [6.07, 6.45) is 0.624. The van der Waals surface area contributed by atoms with Gasteiger partial charge in [-0.2, -0.15) is 0 Å². The molecule has 0 radical (unpaired) electrons. The van der Waals surface area contributed by atoms with Crippen molar-refractivity contribution in [1.82, 2.24) is 15.5 Å². The quantitative estimate of drug-likeness (QED) is 0.109. The zero-order valence-electron chi connectivity index (χ0n) is 24.4. The van der Waals surface area contributed by atoms with E-state index in [1.54, 1.807) is 4.90 Å². The molecule has 0 heterocycles. The van der Waals surface area contributed by atoms with Gasteiger partial charge in [0.2, 0.25) is 11.8 Å². The Hall–Kier alpha value is -5.44. The summed E-state index contributed by atoms with van der Waals surface area (Å²) in [5.74, 6) is -2.93. The number of guanidine groups is 1. The maximum absolute atomic E-state index is 13.7. The third-order valence-corrected chi connectivity index (χ3v) is 7.27. The van der Waals surface area contributed by atoms with Crippen LogP contribution in [0, 0.1) is 5.41 Å². The number of carbonyl (C=O) groups is 3. The predicted octanol–water partition coefficient (Wildman–Crippen LogP) is 4.35. The average Bonchev–Trinajstić information content (AvgIpc) is 3.04. The molecule has 1 atom stereocenters. The largest absolute Gasteiger partial charge is 0.480 e. The Morgan fingerprint density at radius 2 is 1.27 bits per heavy atom. The van der Waals surface area contributed by atoms with E-state index in [2.05, 4.69) is 10.6 Å². The number of hydrogen-bond donors (Lipinski definition) is 5. The molecule has 4 rings (SSSR count). The van der Waals surface area contributed by atoms with Crippen molar-refractivity contribution in [2.45, 2.75) is 31.3 Å². The van der Waals surface area contributed by atoms with Crippen LogP contribution in [0.25, 0.3) is 11.1 Å². The van der Waals surface area contributed by atoms with E-state index in [1.165, 1.54) is 0 Å². The van der Waals surface area contributed by atoms with Crippen molar-refractivity contribution < 1.29 is 19.5 Å².